The van der Waals surface area contributed by atoms with Crippen LogP contribution in [0.25, 0.3) is 16.6 Å². The molecule has 1 saturated carbocycles. The molecule has 0 spiro atoms. The van der Waals surface area contributed by atoms with Crippen molar-refractivity contribution in [2.24, 2.45) is 11.3 Å². The monoisotopic (exact) mass is 1040 g/mol. The molecule has 2 aromatic heterocycles. The quantitative estimate of drug-likeness (QED) is 0.0837. The molecule has 388 valence electrons. The minimum absolute atomic E-state index is 0.0120. The first-order chi connectivity index (χ1) is 35.2. The number of anilines is 4. The summed E-state index contributed by atoms with van der Waals surface area (Å²) in [5, 5.41) is 17.1. The molecule has 3 N–H and O–H groups in total. The van der Waals surface area contributed by atoms with Crippen LogP contribution in [0.1, 0.15) is 81.1 Å². The number of aromatic nitrogens is 2. The minimum atomic E-state index is -4.61. The number of ether oxygens (including phenoxy) is 4. The summed E-state index contributed by atoms with van der Waals surface area (Å²) in [4.78, 5) is 40.7. The molecule has 2 saturated heterocycles. The number of methoxy groups -OCH3 is 1. The van der Waals surface area contributed by atoms with E-state index in [1.807, 2.05) is 41.3 Å². The smallest absolute Gasteiger partial charge is 0.293 e. The van der Waals surface area contributed by atoms with Gasteiger partial charge in [0.15, 0.2) is 0 Å². The maximum absolute atomic E-state index is 14.6. The zero-order valence-corrected chi connectivity index (χ0v) is 43.3. The van der Waals surface area contributed by atoms with Crippen molar-refractivity contribution in [3.63, 3.8) is 0 Å². The van der Waals surface area contributed by atoms with Crippen LogP contribution in [-0.2, 0) is 24.2 Å². The van der Waals surface area contributed by atoms with Crippen LogP contribution in [0.4, 0.5) is 28.4 Å². The third-order valence-corrected chi connectivity index (χ3v) is 16.8. The van der Waals surface area contributed by atoms with Crippen LogP contribution in [0.3, 0.4) is 0 Å². The number of aromatic amines is 1. The predicted molar refractivity (Wildman–Crippen MR) is 283 cm³/mol. The number of halogens is 1. The van der Waals surface area contributed by atoms with Crippen molar-refractivity contribution >= 4 is 72.6 Å². The Labute approximate surface area is 431 Å². The number of hydrogen-bond acceptors (Lipinski definition) is 14. The number of H-pyrrole nitrogens is 1. The minimum Gasteiger partial charge on any atom is -0.476 e. The normalized spacial score (nSPS) is 23.0. The summed E-state index contributed by atoms with van der Waals surface area (Å²) in [6.45, 7) is 10.4. The number of hydrogen-bond donors (Lipinski definition) is 3. The number of carbonyl (C=O) groups excluding carboxylic acids is 1. The average Bonchev–Trinajstić information content (AvgIpc) is 3.73. The van der Waals surface area contributed by atoms with Gasteiger partial charge in [0.1, 0.15) is 17.0 Å². The van der Waals surface area contributed by atoms with E-state index in [9.17, 15) is 23.3 Å². The first-order valence-corrected chi connectivity index (χ1v) is 27.4. The van der Waals surface area contributed by atoms with Crippen molar-refractivity contribution in [3.8, 4) is 5.88 Å². The van der Waals surface area contributed by atoms with E-state index in [1.165, 1.54) is 23.3 Å². The van der Waals surface area contributed by atoms with Crippen molar-refractivity contribution in [2.45, 2.75) is 88.4 Å². The van der Waals surface area contributed by atoms with E-state index >= 15 is 0 Å². The lowest BCUT2D eigenvalue weighted by Gasteiger charge is -2.45. The van der Waals surface area contributed by atoms with E-state index in [4.69, 9.17) is 35.5 Å². The molecule has 0 radical (unpaired) electrons. The number of benzene rings is 3. The van der Waals surface area contributed by atoms with E-state index in [1.54, 1.807) is 19.4 Å². The highest BCUT2D eigenvalue weighted by molar-refractivity contribution is 7.90. The highest BCUT2D eigenvalue weighted by Gasteiger charge is 2.39. The van der Waals surface area contributed by atoms with Crippen molar-refractivity contribution in [1.29, 1.82) is 0 Å². The number of allylic oxidation sites excluding steroid dienone is 1. The Morgan fingerprint density at radius 1 is 0.973 bits per heavy atom. The summed E-state index contributed by atoms with van der Waals surface area (Å²) in [6.07, 6.45) is 8.83. The zero-order chi connectivity index (χ0) is 50.9. The van der Waals surface area contributed by atoms with E-state index < -0.39 is 31.4 Å². The summed E-state index contributed by atoms with van der Waals surface area (Å²) in [6, 6.07) is 21.2. The summed E-state index contributed by atoms with van der Waals surface area (Å²) >= 11 is 6.38. The maximum atomic E-state index is 14.6. The molecule has 5 heterocycles. The first kappa shape index (κ1) is 50.8. The molecule has 1 amide bonds. The van der Waals surface area contributed by atoms with Crippen molar-refractivity contribution in [2.75, 3.05) is 87.9 Å². The second-order valence-electron chi connectivity index (χ2n) is 20.8. The molecule has 2 aliphatic carbocycles. The van der Waals surface area contributed by atoms with Crippen LogP contribution in [0.5, 0.6) is 5.88 Å². The van der Waals surface area contributed by atoms with Crippen LogP contribution in [0, 0.1) is 21.4 Å². The van der Waals surface area contributed by atoms with Gasteiger partial charge >= 0.3 is 0 Å². The van der Waals surface area contributed by atoms with Gasteiger partial charge in [-0.2, -0.15) is 4.98 Å². The van der Waals surface area contributed by atoms with E-state index in [2.05, 4.69) is 50.8 Å². The first-order valence-electron chi connectivity index (χ1n) is 25.5. The Bertz CT molecular complexity index is 2980. The number of pyridine rings is 1. The van der Waals surface area contributed by atoms with Gasteiger partial charge in [-0.05, 0) is 134 Å². The highest BCUT2D eigenvalue weighted by atomic mass is 35.5. The molecule has 0 unspecified atom stereocenters. The molecular weight excluding hydrogens is 972 g/mol. The Morgan fingerprint density at radius 3 is 2.59 bits per heavy atom. The Morgan fingerprint density at radius 2 is 1.79 bits per heavy atom. The number of carbonyl (C=O) groups is 1. The largest absolute Gasteiger partial charge is 0.476 e. The van der Waals surface area contributed by atoms with Crippen LogP contribution < -0.4 is 24.6 Å². The number of nitrogens with one attached hydrogen (secondary N) is 3. The van der Waals surface area contributed by atoms with Crippen molar-refractivity contribution in [1.82, 2.24) is 19.6 Å². The molecule has 3 fully saturated rings. The van der Waals surface area contributed by atoms with Gasteiger partial charge in [-0.25, -0.2) is 13.1 Å². The van der Waals surface area contributed by atoms with Gasteiger partial charge in [0.25, 0.3) is 21.6 Å². The average molecular weight is 1040 g/mol. The van der Waals surface area contributed by atoms with Gasteiger partial charge in [0, 0.05) is 88.0 Å². The Balaban J connectivity index is 0.955. The predicted octanol–water partition coefficient (Wildman–Crippen LogP) is 9.35. The van der Waals surface area contributed by atoms with Gasteiger partial charge in [0.05, 0.1) is 52.5 Å². The van der Waals surface area contributed by atoms with Gasteiger partial charge < -0.3 is 39.0 Å². The maximum Gasteiger partial charge on any atom is 0.293 e. The number of nitro benzene ring substituents is 1. The second kappa shape index (κ2) is 21.6. The number of sulfonamides is 1. The standard InChI is InChI=1S/C54H65ClN8O9S/c1-54(2)29-44(36-8-10-38(55)11-9-36)45-33-61-22-21-60(32-40(61)34-70-23-5-25-71-50(45)30-54)39-12-16-43(47(27-39)62-20-4-24-72-53-49(62)26-37-18-19-56-51(37)58-53)52(64)59-73(67,68)42-15-17-46(48(28-42)63(65)66)57-31-35-6-13-41(69-3)14-7-35/h8-12,15-19,26-28,35,40-41,50,57H,4-7,13-14,20-25,29-34H2,1-3H3,(H,56,58)(H,59,64)/t35?,40-,41?,50+/m0/s1. The highest BCUT2D eigenvalue weighted by Crippen LogP contribution is 2.46. The van der Waals surface area contributed by atoms with Crippen LogP contribution in [-0.4, -0.2) is 125 Å². The number of fused-ring (bicyclic) bond motifs is 4. The Kier molecular flexibility index (Phi) is 15.0. The lowest BCUT2D eigenvalue weighted by Crippen LogP contribution is -2.56. The molecule has 10 rings (SSSR count). The molecule has 73 heavy (non-hydrogen) atoms. The number of nitro groups is 1. The van der Waals surface area contributed by atoms with Gasteiger partial charge in [-0.15, -0.1) is 0 Å². The number of rotatable bonds is 11. The number of nitrogens with zero attached hydrogens (tertiary/aromatic N) is 5. The topological polar surface area (TPSA) is 194 Å². The third kappa shape index (κ3) is 11.3. The lowest BCUT2D eigenvalue weighted by atomic mass is 9.71. The van der Waals surface area contributed by atoms with E-state index in [-0.39, 0.29) is 34.9 Å². The molecule has 3 aromatic carbocycles. The Hall–Kier alpha value is -5.76. The summed E-state index contributed by atoms with van der Waals surface area (Å²) in [5.41, 5.74) is 6.30. The second-order valence-corrected chi connectivity index (χ2v) is 22.9. The van der Waals surface area contributed by atoms with E-state index in [0.717, 1.165) is 80.7 Å². The number of piperazine rings is 1. The van der Waals surface area contributed by atoms with Crippen molar-refractivity contribution < 1.29 is 37.1 Å². The lowest BCUT2D eigenvalue weighted by molar-refractivity contribution is -0.384. The fourth-order valence-electron chi connectivity index (χ4n) is 11.3. The summed E-state index contributed by atoms with van der Waals surface area (Å²) < 4.78 is 55.3. The third-order valence-electron chi connectivity index (χ3n) is 15.2. The van der Waals surface area contributed by atoms with E-state index in [0.29, 0.717) is 92.9 Å². The summed E-state index contributed by atoms with van der Waals surface area (Å²) in [7, 11) is -2.90. The van der Waals surface area contributed by atoms with Crippen molar-refractivity contribution in [3.05, 3.63) is 111 Å². The van der Waals surface area contributed by atoms with Gasteiger partial charge in [-0.3, -0.25) is 19.8 Å². The van der Waals surface area contributed by atoms with Crippen LogP contribution in [0.2, 0.25) is 5.02 Å². The fourth-order valence-corrected chi connectivity index (χ4v) is 12.4. The molecule has 5 aliphatic rings. The van der Waals surface area contributed by atoms with Crippen LogP contribution >= 0.6 is 11.6 Å². The molecule has 2 atom stereocenters. The summed E-state index contributed by atoms with van der Waals surface area (Å²) in [5.74, 6) is -0.218. The SMILES string of the molecule is COC1CCC(CNc2ccc(S(=O)(=O)NC(=O)c3ccc(N4CCN5CC6=C(c7ccc(Cl)cc7)CC(C)(C)C[C@H]6OCCCOC[C@@H]5C4)cc3N3CCCOc4nc5[nH]ccc5cc43)cc2[N+](=O)[O-])CC1. The molecule has 17 nitrogen and oxygen atoms in total. The molecule has 19 heteroatoms. The van der Waals surface area contributed by atoms with Gasteiger partial charge in [-0.1, -0.05) is 37.6 Å². The molecule has 5 aromatic rings. The zero-order valence-electron chi connectivity index (χ0n) is 41.7. The molecule has 0 bridgehead atoms. The number of amides is 1. The fraction of sp³-hybridized carbons (Fsp3) is 0.481. The van der Waals surface area contributed by atoms with Gasteiger partial charge in [0.2, 0.25) is 5.88 Å². The van der Waals surface area contributed by atoms with Crippen LogP contribution in [0.15, 0.2) is 89.5 Å². The molecular formula is C54H65ClN8O9S. The molecule has 3 aliphatic heterocycles.